The van der Waals surface area contributed by atoms with Gasteiger partial charge in [-0.25, -0.2) is 9.78 Å². The summed E-state index contributed by atoms with van der Waals surface area (Å²) < 4.78 is 1.96. The summed E-state index contributed by atoms with van der Waals surface area (Å²) in [6, 6.07) is 5.85. The van der Waals surface area contributed by atoms with E-state index >= 15 is 0 Å². The van der Waals surface area contributed by atoms with E-state index in [2.05, 4.69) is 10.3 Å². The summed E-state index contributed by atoms with van der Waals surface area (Å²) in [5.74, 6) is 0. The van der Waals surface area contributed by atoms with Gasteiger partial charge in [0.15, 0.2) is 0 Å². The van der Waals surface area contributed by atoms with Crippen LogP contribution in [0.5, 0.6) is 0 Å². The predicted octanol–water partition coefficient (Wildman–Crippen LogP) is 3.37. The molecular weight excluding hydrogens is 264 g/mol. The zero-order valence-electron chi connectivity index (χ0n) is 12.5. The quantitative estimate of drug-likeness (QED) is 0.873. The van der Waals surface area contributed by atoms with Gasteiger partial charge in [-0.1, -0.05) is 19.3 Å². The number of anilines is 1. The van der Waals surface area contributed by atoms with Crippen molar-refractivity contribution >= 4 is 22.8 Å². The summed E-state index contributed by atoms with van der Waals surface area (Å²) >= 11 is 0. The van der Waals surface area contributed by atoms with Crippen molar-refractivity contribution in [1.82, 2.24) is 14.5 Å². The van der Waals surface area contributed by atoms with Crippen LogP contribution in [-0.4, -0.2) is 33.6 Å². The molecule has 2 heterocycles. The van der Waals surface area contributed by atoms with Crippen molar-refractivity contribution in [2.45, 2.75) is 32.1 Å². The Morgan fingerprint density at radius 2 is 1.86 bits per heavy atom. The molecule has 2 amide bonds. The maximum absolute atomic E-state index is 12.4. The van der Waals surface area contributed by atoms with Crippen molar-refractivity contribution in [3.63, 3.8) is 0 Å². The Hall–Kier alpha value is -2.04. The fraction of sp³-hybridized carbons (Fsp3) is 0.500. The molecule has 1 fully saturated rings. The Morgan fingerprint density at radius 1 is 1.14 bits per heavy atom. The lowest BCUT2D eigenvalue weighted by atomic mass is 10.1. The Bertz CT molecular complexity index is 626. The number of urea groups is 1. The van der Waals surface area contributed by atoms with Crippen molar-refractivity contribution in [3.8, 4) is 0 Å². The molecule has 2 aromatic rings. The molecule has 1 aliphatic rings. The van der Waals surface area contributed by atoms with E-state index < -0.39 is 0 Å². The van der Waals surface area contributed by atoms with E-state index in [9.17, 15) is 4.79 Å². The number of nitrogens with one attached hydrogen (secondary N) is 1. The predicted molar refractivity (Wildman–Crippen MR) is 84.4 cm³/mol. The van der Waals surface area contributed by atoms with Crippen LogP contribution < -0.4 is 5.32 Å². The molecule has 1 aromatic heterocycles. The standard InChI is InChI=1S/C16H22N4O/c1-19-12-17-14-8-7-13(11-15(14)19)18-16(21)20-9-5-3-2-4-6-10-20/h7-8,11-12H,2-6,9-10H2,1H3,(H,18,21). The van der Waals surface area contributed by atoms with Crippen LogP contribution in [-0.2, 0) is 7.05 Å². The fourth-order valence-corrected chi connectivity index (χ4v) is 2.86. The van der Waals surface area contributed by atoms with Crippen LogP contribution in [0.15, 0.2) is 24.5 Å². The largest absolute Gasteiger partial charge is 0.334 e. The van der Waals surface area contributed by atoms with Gasteiger partial charge < -0.3 is 14.8 Å². The van der Waals surface area contributed by atoms with Gasteiger partial charge in [-0.3, -0.25) is 0 Å². The molecule has 21 heavy (non-hydrogen) atoms. The summed E-state index contributed by atoms with van der Waals surface area (Å²) in [6.45, 7) is 1.72. The van der Waals surface area contributed by atoms with Crippen LogP contribution in [0.3, 0.4) is 0 Å². The molecule has 0 radical (unpaired) electrons. The molecule has 0 bridgehead atoms. The van der Waals surface area contributed by atoms with E-state index in [0.717, 1.165) is 42.7 Å². The number of likely N-dealkylation sites (tertiary alicyclic amines) is 1. The molecule has 5 heteroatoms. The van der Waals surface area contributed by atoms with Crippen molar-refractivity contribution in [3.05, 3.63) is 24.5 Å². The highest BCUT2D eigenvalue weighted by molar-refractivity contribution is 5.92. The second kappa shape index (κ2) is 6.16. The third-order valence-electron chi connectivity index (χ3n) is 4.12. The first-order chi connectivity index (χ1) is 10.2. The number of carbonyl (C=O) groups excluding carboxylic acids is 1. The number of amides is 2. The van der Waals surface area contributed by atoms with Crippen molar-refractivity contribution in [2.24, 2.45) is 7.05 Å². The van der Waals surface area contributed by atoms with Gasteiger partial charge in [0.1, 0.15) is 0 Å². The molecule has 0 spiro atoms. The number of rotatable bonds is 1. The van der Waals surface area contributed by atoms with Crippen LogP contribution in [0.25, 0.3) is 11.0 Å². The van der Waals surface area contributed by atoms with Crippen molar-refractivity contribution in [2.75, 3.05) is 18.4 Å². The molecule has 0 aliphatic carbocycles. The van der Waals surface area contributed by atoms with E-state index in [1.54, 1.807) is 6.33 Å². The highest BCUT2D eigenvalue weighted by atomic mass is 16.2. The highest BCUT2D eigenvalue weighted by Gasteiger charge is 2.15. The van der Waals surface area contributed by atoms with E-state index in [1.165, 1.54) is 19.3 Å². The minimum absolute atomic E-state index is 0.0124. The second-order valence-corrected chi connectivity index (χ2v) is 5.74. The van der Waals surface area contributed by atoms with Gasteiger partial charge in [0.05, 0.1) is 17.4 Å². The number of fused-ring (bicyclic) bond motifs is 1. The molecule has 1 aliphatic heterocycles. The first-order valence-corrected chi connectivity index (χ1v) is 7.71. The van der Waals surface area contributed by atoms with Crippen LogP contribution >= 0.6 is 0 Å². The normalized spacial score (nSPS) is 16.5. The number of imidazole rings is 1. The number of benzene rings is 1. The van der Waals surface area contributed by atoms with Crippen LogP contribution in [0.4, 0.5) is 10.5 Å². The van der Waals surface area contributed by atoms with Gasteiger partial charge in [-0.2, -0.15) is 0 Å². The average Bonchev–Trinajstić information content (AvgIpc) is 2.80. The van der Waals surface area contributed by atoms with Crippen LogP contribution in [0.2, 0.25) is 0 Å². The maximum atomic E-state index is 12.4. The van der Waals surface area contributed by atoms with Gasteiger partial charge in [-0.05, 0) is 31.0 Å². The first-order valence-electron chi connectivity index (χ1n) is 7.71. The monoisotopic (exact) mass is 286 g/mol. The molecule has 0 saturated carbocycles. The van der Waals surface area contributed by atoms with E-state index in [1.807, 2.05) is 34.7 Å². The lowest BCUT2D eigenvalue weighted by Crippen LogP contribution is -2.37. The third-order valence-corrected chi connectivity index (χ3v) is 4.12. The lowest BCUT2D eigenvalue weighted by molar-refractivity contribution is 0.206. The lowest BCUT2D eigenvalue weighted by Gasteiger charge is -2.25. The molecule has 1 N–H and O–H groups in total. The van der Waals surface area contributed by atoms with Gasteiger partial charge in [0.2, 0.25) is 0 Å². The Labute approximate surface area is 125 Å². The number of nitrogens with zero attached hydrogens (tertiary/aromatic N) is 3. The van der Waals surface area contributed by atoms with Crippen LogP contribution in [0, 0.1) is 0 Å². The van der Waals surface area contributed by atoms with Crippen molar-refractivity contribution in [1.29, 1.82) is 0 Å². The minimum Gasteiger partial charge on any atom is -0.334 e. The number of carbonyl (C=O) groups is 1. The van der Waals surface area contributed by atoms with Gasteiger partial charge in [0.25, 0.3) is 0 Å². The van der Waals surface area contributed by atoms with E-state index in [0.29, 0.717) is 0 Å². The minimum atomic E-state index is 0.0124. The second-order valence-electron chi connectivity index (χ2n) is 5.74. The molecular formula is C16H22N4O. The molecule has 1 aromatic carbocycles. The van der Waals surface area contributed by atoms with E-state index in [4.69, 9.17) is 0 Å². The summed E-state index contributed by atoms with van der Waals surface area (Å²) in [4.78, 5) is 18.6. The highest BCUT2D eigenvalue weighted by Crippen LogP contribution is 2.18. The number of aryl methyl sites for hydroxylation is 1. The zero-order valence-corrected chi connectivity index (χ0v) is 12.5. The van der Waals surface area contributed by atoms with Crippen LogP contribution in [0.1, 0.15) is 32.1 Å². The molecule has 5 nitrogen and oxygen atoms in total. The Balaban J connectivity index is 1.71. The molecule has 1 saturated heterocycles. The fourth-order valence-electron chi connectivity index (χ4n) is 2.86. The zero-order chi connectivity index (χ0) is 14.7. The third kappa shape index (κ3) is 3.17. The SMILES string of the molecule is Cn1cnc2ccc(NC(=O)N3CCCCCCC3)cc21. The Kier molecular flexibility index (Phi) is 4.08. The maximum Gasteiger partial charge on any atom is 0.321 e. The molecule has 0 atom stereocenters. The smallest absolute Gasteiger partial charge is 0.321 e. The summed E-state index contributed by atoms with van der Waals surface area (Å²) in [7, 11) is 1.96. The van der Waals surface area contributed by atoms with Gasteiger partial charge in [-0.15, -0.1) is 0 Å². The number of aromatic nitrogens is 2. The van der Waals surface area contributed by atoms with Gasteiger partial charge in [0, 0.05) is 25.8 Å². The first kappa shape index (κ1) is 13.9. The van der Waals surface area contributed by atoms with E-state index in [-0.39, 0.29) is 6.03 Å². The number of hydrogen-bond acceptors (Lipinski definition) is 2. The summed E-state index contributed by atoms with van der Waals surface area (Å²) in [5.41, 5.74) is 2.81. The topological polar surface area (TPSA) is 50.2 Å². The number of hydrogen-bond donors (Lipinski definition) is 1. The summed E-state index contributed by atoms with van der Waals surface area (Å²) in [6.07, 6.45) is 7.75. The Morgan fingerprint density at radius 3 is 2.62 bits per heavy atom. The molecule has 3 rings (SSSR count). The molecule has 0 unspecified atom stereocenters. The van der Waals surface area contributed by atoms with Crippen molar-refractivity contribution < 1.29 is 4.79 Å². The molecule has 112 valence electrons. The average molecular weight is 286 g/mol. The summed E-state index contributed by atoms with van der Waals surface area (Å²) in [5, 5.41) is 3.01. The van der Waals surface area contributed by atoms with Gasteiger partial charge >= 0.3 is 6.03 Å².